The molecule has 1 aromatic rings. The molecule has 0 saturated heterocycles. The Morgan fingerprint density at radius 2 is 2.36 bits per heavy atom. The minimum absolute atomic E-state index is 0.222. The minimum Gasteiger partial charge on any atom is -0.494 e. The van der Waals surface area contributed by atoms with Crippen molar-refractivity contribution in [1.82, 2.24) is 4.98 Å². The molecule has 0 unspecified atom stereocenters. The average molecular weight is 172 g/mol. The molecule has 0 atom stereocenters. The normalized spacial score (nSPS) is 9.27. The van der Waals surface area contributed by atoms with E-state index in [4.69, 9.17) is 16.3 Å². The van der Waals surface area contributed by atoms with Crippen LogP contribution in [0.4, 0.5) is 0 Å². The van der Waals surface area contributed by atoms with E-state index in [0.29, 0.717) is 12.0 Å². The molecule has 0 N–H and O–H groups in total. The monoisotopic (exact) mass is 171 g/mol. The van der Waals surface area contributed by atoms with Crippen LogP contribution in [0.25, 0.3) is 0 Å². The molecule has 0 saturated carbocycles. The first-order valence-corrected chi connectivity index (χ1v) is 3.31. The van der Waals surface area contributed by atoms with Gasteiger partial charge in [-0.15, -0.1) is 0 Å². The molecule has 58 valence electrons. The van der Waals surface area contributed by atoms with Gasteiger partial charge in [-0.3, -0.25) is 4.79 Å². The van der Waals surface area contributed by atoms with Crippen LogP contribution in [0.5, 0.6) is 5.75 Å². The Hall–Kier alpha value is -1.09. The van der Waals surface area contributed by atoms with Gasteiger partial charge in [-0.25, -0.2) is 4.98 Å². The maximum atomic E-state index is 10.3. The van der Waals surface area contributed by atoms with Crippen molar-refractivity contribution in [2.24, 2.45) is 0 Å². The molecule has 1 aromatic heterocycles. The van der Waals surface area contributed by atoms with Crippen molar-refractivity contribution in [3.05, 3.63) is 23.0 Å². The Kier molecular flexibility index (Phi) is 2.44. The van der Waals surface area contributed by atoms with Gasteiger partial charge in [0.05, 0.1) is 7.11 Å². The third-order valence-corrected chi connectivity index (χ3v) is 1.39. The fraction of sp³-hybridized carbons (Fsp3) is 0.143. The van der Waals surface area contributed by atoms with E-state index in [1.54, 1.807) is 12.1 Å². The maximum absolute atomic E-state index is 10.3. The lowest BCUT2D eigenvalue weighted by atomic mass is 10.3. The molecule has 0 bridgehead atoms. The Balaban J connectivity index is 3.16. The average Bonchev–Trinajstić information content (AvgIpc) is 2.04. The molecule has 3 nitrogen and oxygen atoms in total. The van der Waals surface area contributed by atoms with Gasteiger partial charge in [-0.05, 0) is 12.1 Å². The number of methoxy groups -OCH3 is 1. The zero-order valence-electron chi connectivity index (χ0n) is 5.87. The Labute approximate surface area is 69.0 Å². The van der Waals surface area contributed by atoms with E-state index in [0.717, 1.165) is 0 Å². The fourth-order valence-corrected chi connectivity index (χ4v) is 0.848. The van der Waals surface area contributed by atoms with Crippen molar-refractivity contribution >= 4 is 17.9 Å². The highest BCUT2D eigenvalue weighted by Gasteiger charge is 2.02. The zero-order chi connectivity index (χ0) is 8.27. The summed E-state index contributed by atoms with van der Waals surface area (Å²) in [7, 11) is 1.47. The topological polar surface area (TPSA) is 39.2 Å². The molecule has 1 heterocycles. The summed E-state index contributed by atoms with van der Waals surface area (Å²) in [4.78, 5) is 14.1. The van der Waals surface area contributed by atoms with Gasteiger partial charge < -0.3 is 4.74 Å². The van der Waals surface area contributed by atoms with Crippen LogP contribution in [0.2, 0.25) is 5.15 Å². The second-order valence-electron chi connectivity index (χ2n) is 1.84. The van der Waals surface area contributed by atoms with Crippen LogP contribution in [0.15, 0.2) is 12.1 Å². The van der Waals surface area contributed by atoms with Crippen molar-refractivity contribution in [2.45, 2.75) is 0 Å². The summed E-state index contributed by atoms with van der Waals surface area (Å²) in [5.74, 6) is 0.435. The molecule has 1 rings (SSSR count). The van der Waals surface area contributed by atoms with E-state index in [2.05, 4.69) is 4.98 Å². The van der Waals surface area contributed by atoms with Crippen molar-refractivity contribution in [3.8, 4) is 5.75 Å². The van der Waals surface area contributed by atoms with Crippen LogP contribution in [0, 0.1) is 0 Å². The number of aromatic nitrogens is 1. The van der Waals surface area contributed by atoms with Crippen LogP contribution in [0.3, 0.4) is 0 Å². The number of carbonyl (C=O) groups is 1. The molecule has 11 heavy (non-hydrogen) atoms. The van der Waals surface area contributed by atoms with Gasteiger partial charge in [-0.2, -0.15) is 0 Å². The quantitative estimate of drug-likeness (QED) is 0.501. The second kappa shape index (κ2) is 3.34. The third kappa shape index (κ3) is 1.68. The second-order valence-corrected chi connectivity index (χ2v) is 2.23. The number of halogens is 1. The largest absolute Gasteiger partial charge is 0.494 e. The molecule has 0 aliphatic carbocycles. The lowest BCUT2D eigenvalue weighted by Gasteiger charge is -2.00. The lowest BCUT2D eigenvalue weighted by Crippen LogP contribution is -1.93. The van der Waals surface area contributed by atoms with Crippen LogP contribution < -0.4 is 4.74 Å². The number of rotatable bonds is 2. The molecule has 0 spiro atoms. The van der Waals surface area contributed by atoms with E-state index in [9.17, 15) is 4.79 Å². The molecule has 0 fully saturated rings. The van der Waals surface area contributed by atoms with Gasteiger partial charge in [0.2, 0.25) is 0 Å². The number of carbonyl (C=O) groups excluding carboxylic acids is 1. The highest BCUT2D eigenvalue weighted by atomic mass is 35.5. The highest BCUT2D eigenvalue weighted by molar-refractivity contribution is 6.29. The SMILES string of the molecule is COc1ccc(Cl)nc1C=O. The van der Waals surface area contributed by atoms with Crippen LogP contribution in [-0.4, -0.2) is 18.4 Å². The summed E-state index contributed by atoms with van der Waals surface area (Å²) < 4.78 is 4.84. The summed E-state index contributed by atoms with van der Waals surface area (Å²) in [6.45, 7) is 0. The molecule has 0 radical (unpaired) electrons. The first-order valence-electron chi connectivity index (χ1n) is 2.93. The summed E-state index contributed by atoms with van der Waals surface area (Å²) in [6.07, 6.45) is 0.602. The van der Waals surface area contributed by atoms with Crippen LogP contribution >= 0.6 is 11.6 Å². The number of nitrogens with zero attached hydrogens (tertiary/aromatic N) is 1. The predicted octanol–water partition coefficient (Wildman–Crippen LogP) is 1.56. The standard InChI is InChI=1S/C7H6ClNO2/c1-11-6-2-3-7(8)9-5(6)4-10/h2-4H,1H3. The Bertz CT molecular complexity index is 275. The Morgan fingerprint density at radius 3 is 2.91 bits per heavy atom. The summed E-state index contributed by atoms with van der Waals surface area (Å²) in [5.41, 5.74) is 0.222. The highest BCUT2D eigenvalue weighted by Crippen LogP contribution is 2.16. The van der Waals surface area contributed by atoms with E-state index in [-0.39, 0.29) is 10.8 Å². The van der Waals surface area contributed by atoms with Gasteiger partial charge >= 0.3 is 0 Å². The van der Waals surface area contributed by atoms with Crippen molar-refractivity contribution in [2.75, 3.05) is 7.11 Å². The van der Waals surface area contributed by atoms with Gasteiger partial charge in [0.1, 0.15) is 16.6 Å². The van der Waals surface area contributed by atoms with Gasteiger partial charge in [0.15, 0.2) is 6.29 Å². The van der Waals surface area contributed by atoms with Gasteiger partial charge in [-0.1, -0.05) is 11.6 Å². The van der Waals surface area contributed by atoms with E-state index >= 15 is 0 Å². The Morgan fingerprint density at radius 1 is 1.64 bits per heavy atom. The third-order valence-electron chi connectivity index (χ3n) is 1.18. The number of hydrogen-bond acceptors (Lipinski definition) is 3. The number of aldehydes is 1. The predicted molar refractivity (Wildman–Crippen MR) is 41.2 cm³/mol. The van der Waals surface area contributed by atoms with E-state index in [1.165, 1.54) is 7.11 Å². The summed E-state index contributed by atoms with van der Waals surface area (Å²) in [6, 6.07) is 3.16. The number of hydrogen-bond donors (Lipinski definition) is 0. The molecular weight excluding hydrogens is 166 g/mol. The molecular formula is C7H6ClNO2. The smallest absolute Gasteiger partial charge is 0.172 e. The molecule has 0 amide bonds. The van der Waals surface area contributed by atoms with Crippen LogP contribution in [-0.2, 0) is 0 Å². The van der Waals surface area contributed by atoms with Crippen molar-refractivity contribution in [1.29, 1.82) is 0 Å². The molecule has 0 aliphatic rings. The summed E-state index contributed by atoms with van der Waals surface area (Å²) in [5, 5.41) is 0.285. The maximum Gasteiger partial charge on any atom is 0.172 e. The zero-order valence-corrected chi connectivity index (χ0v) is 6.63. The molecule has 4 heteroatoms. The first-order chi connectivity index (χ1) is 5.27. The van der Waals surface area contributed by atoms with E-state index < -0.39 is 0 Å². The number of pyridine rings is 1. The molecule has 0 aromatic carbocycles. The van der Waals surface area contributed by atoms with E-state index in [1.807, 2.05) is 0 Å². The number of ether oxygens (including phenoxy) is 1. The van der Waals surface area contributed by atoms with Crippen LogP contribution in [0.1, 0.15) is 10.5 Å². The van der Waals surface area contributed by atoms with Crippen molar-refractivity contribution < 1.29 is 9.53 Å². The molecule has 0 aliphatic heterocycles. The van der Waals surface area contributed by atoms with Crippen molar-refractivity contribution in [3.63, 3.8) is 0 Å². The minimum atomic E-state index is 0.222. The lowest BCUT2D eigenvalue weighted by molar-refractivity contribution is 0.111. The van der Waals surface area contributed by atoms with Gasteiger partial charge in [0, 0.05) is 0 Å². The summed E-state index contributed by atoms with van der Waals surface area (Å²) >= 11 is 5.53. The van der Waals surface area contributed by atoms with Gasteiger partial charge in [0.25, 0.3) is 0 Å². The fourth-order valence-electron chi connectivity index (χ4n) is 0.694. The first kappa shape index (κ1) is 8.01.